The topological polar surface area (TPSA) is 29.1 Å². The molecule has 0 heterocycles. The van der Waals surface area contributed by atoms with Crippen molar-refractivity contribution in [3.05, 3.63) is 31.3 Å². The fourth-order valence-electron chi connectivity index (χ4n) is 1.02. The molecule has 0 spiro atoms. The van der Waals surface area contributed by atoms with Crippen LogP contribution < -0.4 is 5.32 Å². The lowest BCUT2D eigenvalue weighted by atomic mass is 10.1. The van der Waals surface area contributed by atoms with Gasteiger partial charge in [0.2, 0.25) is 0 Å². The average Bonchev–Trinajstić information content (AvgIpc) is 2.10. The number of carbonyl (C=O) groups excluding carboxylic acids is 1. The zero-order valence-corrected chi connectivity index (χ0v) is 11.1. The lowest BCUT2D eigenvalue weighted by molar-refractivity contribution is 0.0962. The summed E-state index contributed by atoms with van der Waals surface area (Å²) in [5.41, 5.74) is 1.79. The van der Waals surface area contributed by atoms with E-state index in [1.165, 1.54) is 0 Å². The first kappa shape index (κ1) is 11.0. The Kier molecular flexibility index (Phi) is 3.73. The summed E-state index contributed by atoms with van der Waals surface area (Å²) in [7, 11) is 1.63. The van der Waals surface area contributed by atoms with Gasteiger partial charge in [-0.2, -0.15) is 0 Å². The molecular weight excluding hydrogens is 345 g/mol. The van der Waals surface area contributed by atoms with Crippen LogP contribution in [-0.4, -0.2) is 13.0 Å². The van der Waals surface area contributed by atoms with E-state index in [4.69, 9.17) is 0 Å². The first-order chi connectivity index (χ1) is 6.06. The molecule has 0 saturated heterocycles. The molecule has 0 aliphatic heterocycles. The van der Waals surface area contributed by atoms with Gasteiger partial charge in [0.1, 0.15) is 0 Å². The van der Waals surface area contributed by atoms with Crippen molar-refractivity contribution < 1.29 is 4.79 Å². The fourth-order valence-corrected chi connectivity index (χ4v) is 2.16. The monoisotopic (exact) mass is 353 g/mol. The molecule has 2 nitrogen and oxygen atoms in total. The van der Waals surface area contributed by atoms with Gasteiger partial charge in [0.15, 0.2) is 0 Å². The minimum absolute atomic E-state index is 0.0474. The Morgan fingerprint density at radius 3 is 2.69 bits per heavy atom. The molecule has 0 unspecified atom stereocenters. The number of aryl methyl sites for hydroxylation is 1. The normalized spacial score (nSPS) is 9.85. The molecule has 0 fully saturated rings. The standard InChI is InChI=1S/C9H9BrINO/c1-5-3-6(9(13)12-2)8(11)7(10)4-5/h3-4H,1-2H3,(H,12,13). The molecule has 70 valence electrons. The number of benzene rings is 1. The van der Waals surface area contributed by atoms with Crippen molar-refractivity contribution in [2.45, 2.75) is 6.92 Å². The Labute approximate surface area is 99.4 Å². The minimum atomic E-state index is -0.0474. The van der Waals surface area contributed by atoms with Crippen LogP contribution in [0.2, 0.25) is 0 Å². The molecule has 0 bridgehead atoms. The number of rotatable bonds is 1. The van der Waals surface area contributed by atoms with Crippen LogP contribution in [0.4, 0.5) is 0 Å². The van der Waals surface area contributed by atoms with Crippen molar-refractivity contribution in [1.82, 2.24) is 5.32 Å². The summed E-state index contributed by atoms with van der Waals surface area (Å²) in [6, 6.07) is 3.87. The summed E-state index contributed by atoms with van der Waals surface area (Å²) in [6.45, 7) is 1.97. The van der Waals surface area contributed by atoms with Crippen LogP contribution in [0, 0.1) is 10.5 Å². The Morgan fingerprint density at radius 2 is 2.15 bits per heavy atom. The Morgan fingerprint density at radius 1 is 1.54 bits per heavy atom. The summed E-state index contributed by atoms with van der Waals surface area (Å²) in [5, 5.41) is 2.61. The van der Waals surface area contributed by atoms with E-state index in [2.05, 4.69) is 43.8 Å². The lowest BCUT2D eigenvalue weighted by Crippen LogP contribution is -2.19. The van der Waals surface area contributed by atoms with E-state index >= 15 is 0 Å². The number of nitrogens with one attached hydrogen (secondary N) is 1. The molecule has 1 N–H and O–H groups in total. The smallest absolute Gasteiger partial charge is 0.252 e. The van der Waals surface area contributed by atoms with Crippen molar-refractivity contribution in [2.24, 2.45) is 0 Å². The zero-order valence-electron chi connectivity index (χ0n) is 7.32. The zero-order chi connectivity index (χ0) is 10.0. The Balaban J connectivity index is 3.28. The van der Waals surface area contributed by atoms with Gasteiger partial charge in [-0.25, -0.2) is 0 Å². The van der Waals surface area contributed by atoms with E-state index in [0.29, 0.717) is 0 Å². The lowest BCUT2D eigenvalue weighted by Gasteiger charge is -2.06. The van der Waals surface area contributed by atoms with Gasteiger partial charge in [0.25, 0.3) is 5.91 Å². The van der Waals surface area contributed by atoms with Gasteiger partial charge in [-0.1, -0.05) is 0 Å². The summed E-state index contributed by atoms with van der Waals surface area (Å²) < 4.78 is 1.91. The van der Waals surface area contributed by atoms with E-state index in [1.807, 2.05) is 19.1 Å². The van der Waals surface area contributed by atoms with Crippen LogP contribution in [0.25, 0.3) is 0 Å². The Bertz CT molecular complexity index is 352. The van der Waals surface area contributed by atoms with Crippen LogP contribution in [0.5, 0.6) is 0 Å². The molecule has 13 heavy (non-hydrogen) atoms. The first-order valence-corrected chi connectivity index (χ1v) is 5.61. The number of halogens is 2. The van der Waals surface area contributed by atoms with Gasteiger partial charge >= 0.3 is 0 Å². The van der Waals surface area contributed by atoms with Crippen LogP contribution in [-0.2, 0) is 0 Å². The van der Waals surface area contributed by atoms with Crippen LogP contribution in [0.15, 0.2) is 16.6 Å². The molecule has 4 heteroatoms. The molecule has 1 rings (SSSR count). The van der Waals surface area contributed by atoms with Crippen LogP contribution >= 0.6 is 38.5 Å². The number of carbonyl (C=O) groups is 1. The SMILES string of the molecule is CNC(=O)c1cc(C)cc(Br)c1I. The summed E-state index contributed by atoms with van der Waals surface area (Å²) in [5.74, 6) is -0.0474. The van der Waals surface area contributed by atoms with Crippen molar-refractivity contribution in [3.8, 4) is 0 Å². The van der Waals surface area contributed by atoms with Crippen LogP contribution in [0.3, 0.4) is 0 Å². The Hall–Kier alpha value is -0.100. The van der Waals surface area contributed by atoms with Gasteiger partial charge in [0, 0.05) is 15.1 Å². The molecular formula is C9H9BrINO. The fraction of sp³-hybridized carbons (Fsp3) is 0.222. The van der Waals surface area contributed by atoms with Gasteiger partial charge in [-0.05, 0) is 63.1 Å². The summed E-state index contributed by atoms with van der Waals surface area (Å²) >= 11 is 5.56. The van der Waals surface area contributed by atoms with Gasteiger partial charge < -0.3 is 5.32 Å². The van der Waals surface area contributed by atoms with Gasteiger partial charge in [0.05, 0.1) is 5.56 Å². The third-order valence-corrected chi connectivity index (χ3v) is 4.17. The second-order valence-electron chi connectivity index (χ2n) is 2.69. The maximum absolute atomic E-state index is 11.4. The number of hydrogen-bond acceptors (Lipinski definition) is 1. The predicted molar refractivity (Wildman–Crippen MR) is 65.0 cm³/mol. The minimum Gasteiger partial charge on any atom is -0.355 e. The number of hydrogen-bond donors (Lipinski definition) is 1. The third kappa shape index (κ3) is 2.43. The average molecular weight is 354 g/mol. The predicted octanol–water partition coefficient (Wildman–Crippen LogP) is 2.72. The van der Waals surface area contributed by atoms with E-state index in [0.717, 1.165) is 19.2 Å². The molecule has 1 amide bonds. The second-order valence-corrected chi connectivity index (χ2v) is 4.62. The molecule has 0 atom stereocenters. The molecule has 0 radical (unpaired) electrons. The molecule has 0 saturated carbocycles. The maximum atomic E-state index is 11.4. The highest BCUT2D eigenvalue weighted by Gasteiger charge is 2.10. The molecule has 1 aromatic rings. The van der Waals surface area contributed by atoms with Crippen molar-refractivity contribution in [2.75, 3.05) is 7.05 Å². The van der Waals surface area contributed by atoms with E-state index in [9.17, 15) is 4.79 Å². The quantitative estimate of drug-likeness (QED) is 0.773. The summed E-state index contributed by atoms with van der Waals surface area (Å²) in [6.07, 6.45) is 0. The van der Waals surface area contributed by atoms with Crippen molar-refractivity contribution in [1.29, 1.82) is 0 Å². The molecule has 0 aliphatic rings. The van der Waals surface area contributed by atoms with E-state index < -0.39 is 0 Å². The maximum Gasteiger partial charge on any atom is 0.252 e. The first-order valence-electron chi connectivity index (χ1n) is 3.74. The molecule has 0 aromatic heterocycles. The van der Waals surface area contributed by atoms with Crippen LogP contribution in [0.1, 0.15) is 15.9 Å². The highest BCUT2D eigenvalue weighted by atomic mass is 127. The highest BCUT2D eigenvalue weighted by Crippen LogP contribution is 2.24. The molecule has 1 aromatic carbocycles. The van der Waals surface area contributed by atoms with Crippen molar-refractivity contribution in [3.63, 3.8) is 0 Å². The second kappa shape index (κ2) is 4.41. The van der Waals surface area contributed by atoms with Crippen molar-refractivity contribution >= 4 is 44.4 Å². The molecule has 0 aliphatic carbocycles. The third-order valence-electron chi connectivity index (χ3n) is 1.64. The van der Waals surface area contributed by atoms with Gasteiger partial charge in [-0.15, -0.1) is 0 Å². The summed E-state index contributed by atoms with van der Waals surface area (Å²) in [4.78, 5) is 11.4. The van der Waals surface area contributed by atoms with E-state index in [-0.39, 0.29) is 5.91 Å². The van der Waals surface area contributed by atoms with E-state index in [1.54, 1.807) is 7.05 Å². The largest absolute Gasteiger partial charge is 0.355 e. The van der Waals surface area contributed by atoms with Gasteiger partial charge in [-0.3, -0.25) is 4.79 Å². The number of amides is 1. The highest BCUT2D eigenvalue weighted by molar-refractivity contribution is 14.1.